The van der Waals surface area contributed by atoms with Crippen LogP contribution in [0.2, 0.25) is 0 Å². The quantitative estimate of drug-likeness (QED) is 0.0853. The zero-order valence-electron chi connectivity index (χ0n) is 36.5. The highest BCUT2D eigenvalue weighted by Crippen LogP contribution is 2.58. The van der Waals surface area contributed by atoms with Crippen LogP contribution < -0.4 is 4.90 Å². The first-order chi connectivity index (χ1) is 31.6. The van der Waals surface area contributed by atoms with E-state index in [1.54, 1.807) is 0 Å². The fourth-order valence-corrected chi connectivity index (χ4v) is 10.4. The number of hydrogen-bond acceptors (Lipinski definition) is 2. The van der Waals surface area contributed by atoms with Crippen molar-refractivity contribution in [1.82, 2.24) is 9.55 Å². The van der Waals surface area contributed by atoms with Gasteiger partial charge in [-0.1, -0.05) is 165 Å². The van der Waals surface area contributed by atoms with Crippen LogP contribution in [0.1, 0.15) is 49.4 Å². The highest BCUT2D eigenvalue weighted by Gasteiger charge is 2.46. The number of hydrogen-bond donors (Lipinski definition) is 0. The van der Waals surface area contributed by atoms with Crippen molar-refractivity contribution < 1.29 is 0 Å². The Bertz CT molecular complexity index is 3210. The second kappa shape index (κ2) is 17.2. The molecule has 7 aromatic carbocycles. The second-order valence-electron chi connectivity index (χ2n) is 16.6. The molecular formula is C61H51N3. The van der Waals surface area contributed by atoms with E-state index in [4.69, 9.17) is 0 Å². The average Bonchev–Trinajstić information content (AvgIpc) is 3.85. The van der Waals surface area contributed by atoms with E-state index in [-0.39, 0.29) is 6.04 Å². The minimum absolute atomic E-state index is 0.255. The van der Waals surface area contributed by atoms with Crippen LogP contribution in [0, 0.1) is 0 Å². The highest BCUT2D eigenvalue weighted by molar-refractivity contribution is 6.14. The Kier molecular flexibility index (Phi) is 10.8. The SMILES string of the molecule is C=C/C=C\C(=C/C)C1(c2ccccc2)c2ccccc2-c2ccc(N(c3ccc(-c4ccncc4)cc3)c3cc(-c4ccccc4)c4c(c3)c3ccccc3n4C(CC)CC=C)cc21. The Labute approximate surface area is 377 Å². The molecule has 0 spiro atoms. The number of nitrogens with zero attached hydrogens (tertiary/aromatic N) is 3. The first-order valence-corrected chi connectivity index (χ1v) is 22.4. The lowest BCUT2D eigenvalue weighted by atomic mass is 9.67. The smallest absolute Gasteiger partial charge is 0.0711 e. The topological polar surface area (TPSA) is 21.1 Å². The Hall–Kier alpha value is -7.75. The van der Waals surface area contributed by atoms with Crippen LogP contribution in [0.4, 0.5) is 17.1 Å². The summed E-state index contributed by atoms with van der Waals surface area (Å²) in [6.45, 7) is 12.7. The monoisotopic (exact) mass is 825 g/mol. The van der Waals surface area contributed by atoms with E-state index in [0.29, 0.717) is 0 Å². The zero-order chi connectivity index (χ0) is 43.6. The van der Waals surface area contributed by atoms with Crippen LogP contribution in [0.5, 0.6) is 0 Å². The van der Waals surface area contributed by atoms with Gasteiger partial charge in [0.15, 0.2) is 0 Å². The minimum atomic E-state index is -0.582. The van der Waals surface area contributed by atoms with E-state index in [1.807, 2.05) is 18.5 Å². The number of rotatable bonds is 13. The predicted octanol–water partition coefficient (Wildman–Crippen LogP) is 16.5. The third kappa shape index (κ3) is 6.64. The lowest BCUT2D eigenvalue weighted by Crippen LogP contribution is -2.29. The molecule has 2 heterocycles. The number of allylic oxidation sites excluding steroid dienone is 6. The maximum atomic E-state index is 4.29. The summed E-state index contributed by atoms with van der Waals surface area (Å²) in [5.41, 5.74) is 17.2. The van der Waals surface area contributed by atoms with Crippen molar-refractivity contribution in [2.75, 3.05) is 4.90 Å². The standard InChI is InChI=1S/C61H51N3/c1-5-9-23-46(7-3)61(47-24-14-11-15-25-47)57-28-18-16-26-52(57)53-35-34-50(42-58(53)61)63(49-32-30-43(31-33-49)44-36-38-62-39-37-44)51-40-55(45-21-12-10-13-22-45)60-56(41-51)54-27-17-19-29-59(54)64(60)48(8-4)20-6-2/h5-7,9-19,21-42,48H,1-2,8,20H2,3-4H3/b23-9-,46-7+. The number of fused-ring (bicyclic) bond motifs is 6. The van der Waals surface area contributed by atoms with E-state index >= 15 is 0 Å². The highest BCUT2D eigenvalue weighted by atomic mass is 15.1. The van der Waals surface area contributed by atoms with Crippen LogP contribution in [0.25, 0.3) is 55.2 Å². The summed E-state index contributed by atoms with van der Waals surface area (Å²) in [6.07, 6.45) is 16.1. The molecule has 3 nitrogen and oxygen atoms in total. The minimum Gasteiger partial charge on any atom is -0.337 e. The van der Waals surface area contributed by atoms with Gasteiger partial charge in [-0.3, -0.25) is 4.98 Å². The van der Waals surface area contributed by atoms with Gasteiger partial charge < -0.3 is 9.47 Å². The molecule has 9 aromatic rings. The van der Waals surface area contributed by atoms with Gasteiger partial charge in [-0.15, -0.1) is 6.58 Å². The lowest BCUT2D eigenvalue weighted by molar-refractivity contribution is 0.520. The van der Waals surface area contributed by atoms with Gasteiger partial charge in [0.25, 0.3) is 0 Å². The summed E-state index contributed by atoms with van der Waals surface area (Å²) in [6, 6.07) is 65.1. The molecule has 3 heteroatoms. The second-order valence-corrected chi connectivity index (χ2v) is 16.6. The van der Waals surface area contributed by atoms with Gasteiger partial charge in [-0.25, -0.2) is 0 Å². The fourth-order valence-electron chi connectivity index (χ4n) is 10.4. The van der Waals surface area contributed by atoms with E-state index in [2.05, 4.69) is 242 Å². The number of aromatic nitrogens is 2. The molecule has 2 unspecified atom stereocenters. The molecule has 2 atom stereocenters. The summed E-state index contributed by atoms with van der Waals surface area (Å²) in [4.78, 5) is 6.75. The van der Waals surface area contributed by atoms with Crippen molar-refractivity contribution in [3.05, 3.63) is 254 Å². The third-order valence-corrected chi connectivity index (χ3v) is 13.2. The van der Waals surface area contributed by atoms with Crippen molar-refractivity contribution in [1.29, 1.82) is 0 Å². The first kappa shape index (κ1) is 40.3. The van der Waals surface area contributed by atoms with Crippen molar-refractivity contribution in [2.45, 2.75) is 38.1 Å². The predicted molar refractivity (Wildman–Crippen MR) is 272 cm³/mol. The van der Waals surface area contributed by atoms with Crippen LogP contribution in [-0.4, -0.2) is 9.55 Å². The summed E-state index contributed by atoms with van der Waals surface area (Å²) in [5.74, 6) is 0. The maximum Gasteiger partial charge on any atom is 0.0711 e. The normalized spacial score (nSPS) is 15.0. The third-order valence-electron chi connectivity index (χ3n) is 13.2. The molecule has 64 heavy (non-hydrogen) atoms. The average molecular weight is 826 g/mol. The lowest BCUT2D eigenvalue weighted by Gasteiger charge is -2.35. The van der Waals surface area contributed by atoms with Gasteiger partial charge >= 0.3 is 0 Å². The molecule has 2 aromatic heterocycles. The fraction of sp³-hybridized carbons (Fsp3) is 0.0984. The van der Waals surface area contributed by atoms with Crippen LogP contribution >= 0.6 is 0 Å². The first-order valence-electron chi connectivity index (χ1n) is 22.4. The van der Waals surface area contributed by atoms with E-state index < -0.39 is 5.41 Å². The van der Waals surface area contributed by atoms with Gasteiger partial charge in [-0.05, 0) is 124 Å². The van der Waals surface area contributed by atoms with Gasteiger partial charge in [0.05, 0.1) is 10.9 Å². The summed E-state index contributed by atoms with van der Waals surface area (Å²) >= 11 is 0. The summed E-state index contributed by atoms with van der Waals surface area (Å²) < 4.78 is 2.59. The van der Waals surface area contributed by atoms with Crippen LogP contribution in [-0.2, 0) is 5.41 Å². The van der Waals surface area contributed by atoms with Gasteiger partial charge in [0, 0.05) is 57.4 Å². The molecule has 0 aliphatic heterocycles. The molecule has 0 amide bonds. The van der Waals surface area contributed by atoms with Gasteiger partial charge in [0.2, 0.25) is 0 Å². The Morgan fingerprint density at radius 2 is 1.30 bits per heavy atom. The van der Waals surface area contributed by atoms with E-state index in [9.17, 15) is 0 Å². The van der Waals surface area contributed by atoms with Crippen molar-refractivity contribution in [3.8, 4) is 33.4 Å². The molecule has 0 radical (unpaired) electrons. The molecule has 0 saturated heterocycles. The summed E-state index contributed by atoms with van der Waals surface area (Å²) in [5, 5.41) is 2.47. The van der Waals surface area contributed by atoms with Crippen LogP contribution in [0.15, 0.2) is 237 Å². The van der Waals surface area contributed by atoms with Crippen LogP contribution in [0.3, 0.4) is 0 Å². The largest absolute Gasteiger partial charge is 0.337 e. The molecule has 0 saturated carbocycles. The number of benzene rings is 7. The molecule has 310 valence electrons. The summed E-state index contributed by atoms with van der Waals surface area (Å²) in [7, 11) is 0. The van der Waals surface area contributed by atoms with E-state index in [0.717, 1.165) is 41.0 Å². The molecule has 0 fully saturated rings. The zero-order valence-corrected chi connectivity index (χ0v) is 36.5. The molecule has 10 rings (SSSR count). The van der Waals surface area contributed by atoms with Gasteiger partial charge in [-0.2, -0.15) is 0 Å². The number of para-hydroxylation sites is 1. The number of pyridine rings is 1. The van der Waals surface area contributed by atoms with Crippen molar-refractivity contribution in [2.24, 2.45) is 0 Å². The Balaban J connectivity index is 1.29. The Morgan fingerprint density at radius 1 is 0.625 bits per heavy atom. The van der Waals surface area contributed by atoms with E-state index in [1.165, 1.54) is 66.3 Å². The molecular weight excluding hydrogens is 775 g/mol. The van der Waals surface area contributed by atoms with Gasteiger partial charge in [0.1, 0.15) is 0 Å². The van der Waals surface area contributed by atoms with Crippen molar-refractivity contribution >= 4 is 38.9 Å². The molecule has 0 N–H and O–H groups in total. The molecule has 0 bridgehead atoms. The molecule has 1 aliphatic rings. The maximum absolute atomic E-state index is 4.29. The Morgan fingerprint density at radius 3 is 2.03 bits per heavy atom. The van der Waals surface area contributed by atoms with Crippen molar-refractivity contribution in [3.63, 3.8) is 0 Å². The molecule has 1 aliphatic carbocycles. The number of anilines is 3.